The van der Waals surface area contributed by atoms with Gasteiger partial charge < -0.3 is 19.3 Å². The fourth-order valence-electron chi connectivity index (χ4n) is 3.58. The molecule has 1 saturated heterocycles. The number of terminal acetylenes is 1. The number of hydrogen-bond donors (Lipinski definition) is 0. The minimum Gasteiger partial charge on any atom is -0.497 e. The van der Waals surface area contributed by atoms with Crippen LogP contribution >= 0.6 is 11.3 Å². The Morgan fingerprint density at radius 1 is 1.23 bits per heavy atom. The maximum absolute atomic E-state index is 13.6. The van der Waals surface area contributed by atoms with Crippen molar-refractivity contribution in [2.24, 2.45) is 0 Å². The third kappa shape index (κ3) is 4.29. The van der Waals surface area contributed by atoms with Gasteiger partial charge >= 0.3 is 0 Å². The van der Waals surface area contributed by atoms with Gasteiger partial charge in [0.2, 0.25) is 5.95 Å². The first kappa shape index (κ1) is 20.6. The lowest BCUT2D eigenvalue weighted by molar-refractivity contribution is 0.0974. The molecule has 2 aromatic heterocycles. The van der Waals surface area contributed by atoms with E-state index < -0.39 is 0 Å². The summed E-state index contributed by atoms with van der Waals surface area (Å²) in [6, 6.07) is 7.06. The van der Waals surface area contributed by atoms with Crippen molar-refractivity contribution >= 4 is 28.9 Å². The number of anilines is 2. The van der Waals surface area contributed by atoms with E-state index in [1.54, 1.807) is 49.0 Å². The molecule has 1 fully saturated rings. The second kappa shape index (κ2) is 9.02. The predicted octanol–water partition coefficient (Wildman–Crippen LogP) is 2.86. The fourth-order valence-corrected chi connectivity index (χ4v) is 4.17. The summed E-state index contributed by atoms with van der Waals surface area (Å²) in [5.74, 6) is 4.09. The van der Waals surface area contributed by atoms with Gasteiger partial charge in [-0.05, 0) is 18.4 Å². The minimum absolute atomic E-state index is 0.121. The highest BCUT2D eigenvalue weighted by Gasteiger charge is 2.34. The van der Waals surface area contributed by atoms with Crippen LogP contribution in [0.2, 0.25) is 0 Å². The van der Waals surface area contributed by atoms with Crippen LogP contribution in [0.25, 0.3) is 0 Å². The number of carbonyl (C=O) groups is 1. The summed E-state index contributed by atoms with van der Waals surface area (Å²) in [5.41, 5.74) is 0.978. The largest absolute Gasteiger partial charge is 0.497 e. The van der Waals surface area contributed by atoms with Crippen molar-refractivity contribution in [1.82, 2.24) is 15.0 Å². The van der Waals surface area contributed by atoms with Gasteiger partial charge in [0.25, 0.3) is 5.91 Å². The molecule has 0 N–H and O–H groups in total. The maximum atomic E-state index is 13.6. The Morgan fingerprint density at radius 3 is 2.55 bits per heavy atom. The van der Waals surface area contributed by atoms with Crippen molar-refractivity contribution in [3.63, 3.8) is 0 Å². The zero-order valence-corrected chi connectivity index (χ0v) is 18.0. The average molecular weight is 436 g/mol. The van der Waals surface area contributed by atoms with Crippen molar-refractivity contribution in [2.75, 3.05) is 37.1 Å². The molecule has 1 aliphatic heterocycles. The molecule has 9 heteroatoms. The number of aromatic nitrogens is 3. The van der Waals surface area contributed by atoms with Crippen LogP contribution in [-0.4, -0.2) is 54.2 Å². The number of carbonyl (C=O) groups excluding carboxylic acids is 1. The van der Waals surface area contributed by atoms with Crippen LogP contribution in [0.4, 0.5) is 11.6 Å². The number of hydrogen-bond acceptors (Lipinski definition) is 8. The Morgan fingerprint density at radius 2 is 1.94 bits per heavy atom. The molecule has 8 nitrogen and oxygen atoms in total. The van der Waals surface area contributed by atoms with Gasteiger partial charge in [0, 0.05) is 49.1 Å². The van der Waals surface area contributed by atoms with E-state index in [4.69, 9.17) is 15.9 Å². The summed E-state index contributed by atoms with van der Waals surface area (Å²) in [5, 5.41) is 2.16. The van der Waals surface area contributed by atoms with E-state index in [0.717, 1.165) is 13.0 Å². The first-order chi connectivity index (χ1) is 15.1. The third-order valence-electron chi connectivity index (χ3n) is 5.04. The lowest BCUT2D eigenvalue weighted by Crippen LogP contribution is -2.42. The standard InChI is InChI=1S/C22H21N5O3S/c1-4-20-25-19(14-31-20)21(28)27(16-10-17(29-2)12-18(11-16)30-3)15-6-9-26(13-15)22-23-7-5-8-24-22/h1,5,7-8,10-12,14-15H,6,9,13H2,2-3H3/t15-/m1/s1. The van der Waals surface area contributed by atoms with Crippen LogP contribution in [-0.2, 0) is 0 Å². The predicted molar refractivity (Wildman–Crippen MR) is 119 cm³/mol. The number of thiazole rings is 1. The number of benzene rings is 1. The van der Waals surface area contributed by atoms with Gasteiger partial charge in [-0.25, -0.2) is 15.0 Å². The van der Waals surface area contributed by atoms with Crippen LogP contribution in [0.15, 0.2) is 42.0 Å². The molecule has 158 valence electrons. The minimum atomic E-state index is -0.228. The van der Waals surface area contributed by atoms with Gasteiger partial charge in [0.1, 0.15) is 17.2 Å². The summed E-state index contributed by atoms with van der Waals surface area (Å²) in [4.78, 5) is 30.4. The summed E-state index contributed by atoms with van der Waals surface area (Å²) >= 11 is 1.27. The molecule has 0 radical (unpaired) electrons. The highest BCUT2D eigenvalue weighted by Crippen LogP contribution is 2.33. The first-order valence-electron chi connectivity index (χ1n) is 9.63. The monoisotopic (exact) mass is 435 g/mol. The molecule has 3 aromatic rings. The molecule has 3 heterocycles. The molecule has 4 rings (SSSR count). The number of rotatable bonds is 6. The van der Waals surface area contributed by atoms with Crippen molar-refractivity contribution in [3.05, 3.63) is 52.7 Å². The summed E-state index contributed by atoms with van der Waals surface area (Å²) in [6.45, 7) is 1.31. The maximum Gasteiger partial charge on any atom is 0.278 e. The number of ether oxygens (including phenoxy) is 2. The molecule has 1 amide bonds. The molecule has 0 unspecified atom stereocenters. The van der Waals surface area contributed by atoms with Crippen molar-refractivity contribution in [2.45, 2.75) is 12.5 Å². The van der Waals surface area contributed by atoms with E-state index in [2.05, 4.69) is 25.8 Å². The fraction of sp³-hybridized carbons (Fsp3) is 0.273. The van der Waals surface area contributed by atoms with Crippen LogP contribution in [0, 0.1) is 12.3 Å². The van der Waals surface area contributed by atoms with Gasteiger partial charge in [-0.2, -0.15) is 0 Å². The van der Waals surface area contributed by atoms with Crippen molar-refractivity contribution < 1.29 is 14.3 Å². The topological polar surface area (TPSA) is 80.7 Å². The van der Waals surface area contributed by atoms with E-state index in [1.807, 2.05) is 12.1 Å². The molecular formula is C22H21N5O3S. The Balaban J connectivity index is 1.71. The smallest absolute Gasteiger partial charge is 0.278 e. The van der Waals surface area contributed by atoms with Crippen LogP contribution < -0.4 is 19.3 Å². The Kier molecular flexibility index (Phi) is 6.00. The average Bonchev–Trinajstić information content (AvgIpc) is 3.49. The van der Waals surface area contributed by atoms with E-state index in [9.17, 15) is 4.79 Å². The quantitative estimate of drug-likeness (QED) is 0.551. The zero-order valence-electron chi connectivity index (χ0n) is 17.2. The molecule has 0 saturated carbocycles. The van der Waals surface area contributed by atoms with Crippen molar-refractivity contribution in [3.8, 4) is 23.8 Å². The summed E-state index contributed by atoms with van der Waals surface area (Å²) < 4.78 is 10.8. The van der Waals surface area contributed by atoms with E-state index in [1.165, 1.54) is 11.3 Å². The number of nitrogens with zero attached hydrogens (tertiary/aromatic N) is 5. The van der Waals surface area contributed by atoms with Gasteiger partial charge in [0.05, 0.1) is 25.9 Å². The van der Waals surface area contributed by atoms with Gasteiger partial charge in [0.15, 0.2) is 5.01 Å². The highest BCUT2D eigenvalue weighted by atomic mass is 32.1. The van der Waals surface area contributed by atoms with Crippen LogP contribution in [0.5, 0.6) is 11.5 Å². The van der Waals surface area contributed by atoms with Gasteiger partial charge in [-0.1, -0.05) is 0 Å². The molecule has 1 aliphatic rings. The third-order valence-corrected chi connectivity index (χ3v) is 5.82. The Bertz CT molecular complexity index is 1090. The Labute approximate surface area is 184 Å². The van der Waals surface area contributed by atoms with Crippen LogP contribution in [0.3, 0.4) is 0 Å². The SMILES string of the molecule is C#Cc1nc(C(=O)N(c2cc(OC)cc(OC)c2)[C@@H]2CCN(c3ncccn3)C2)cs1. The molecule has 31 heavy (non-hydrogen) atoms. The second-order valence-corrected chi connectivity index (χ2v) is 7.72. The lowest BCUT2D eigenvalue weighted by atomic mass is 10.1. The van der Waals surface area contributed by atoms with Crippen molar-refractivity contribution in [1.29, 1.82) is 0 Å². The lowest BCUT2D eigenvalue weighted by Gasteiger charge is -2.29. The van der Waals surface area contributed by atoms with E-state index in [0.29, 0.717) is 40.4 Å². The summed E-state index contributed by atoms with van der Waals surface area (Å²) in [6.07, 6.45) is 9.62. The zero-order chi connectivity index (χ0) is 21.8. The normalized spacial score (nSPS) is 15.4. The van der Waals surface area contributed by atoms with E-state index >= 15 is 0 Å². The second-order valence-electron chi connectivity index (χ2n) is 6.87. The molecule has 0 aliphatic carbocycles. The van der Waals surface area contributed by atoms with Gasteiger partial charge in [-0.15, -0.1) is 17.8 Å². The van der Waals surface area contributed by atoms with Crippen LogP contribution in [0.1, 0.15) is 21.9 Å². The van der Waals surface area contributed by atoms with E-state index in [-0.39, 0.29) is 11.9 Å². The number of methoxy groups -OCH3 is 2. The molecule has 0 bridgehead atoms. The first-order valence-corrected chi connectivity index (χ1v) is 10.5. The molecule has 1 aromatic carbocycles. The molecule has 1 atom stereocenters. The summed E-state index contributed by atoms with van der Waals surface area (Å²) in [7, 11) is 3.16. The highest BCUT2D eigenvalue weighted by molar-refractivity contribution is 7.10. The van der Waals surface area contributed by atoms with Gasteiger partial charge in [-0.3, -0.25) is 4.79 Å². The molecule has 0 spiro atoms. The molecular weight excluding hydrogens is 414 g/mol. The Hall–Kier alpha value is -3.64. The number of amides is 1.